The molecule has 104 valence electrons. The molecular formula is C14H17ClFNO2. The van der Waals surface area contributed by atoms with Gasteiger partial charge in [-0.25, -0.2) is 4.39 Å². The molecule has 1 unspecified atom stereocenters. The number of hydrogen-bond acceptors (Lipinski definition) is 2. The quantitative estimate of drug-likeness (QED) is 0.844. The molecular weight excluding hydrogens is 269 g/mol. The van der Waals surface area contributed by atoms with Crippen molar-refractivity contribution in [3.63, 3.8) is 0 Å². The summed E-state index contributed by atoms with van der Waals surface area (Å²) in [6, 6.07) is 4.13. The maximum absolute atomic E-state index is 13.2. The fourth-order valence-electron chi connectivity index (χ4n) is 1.88. The van der Waals surface area contributed by atoms with E-state index in [2.05, 4.69) is 5.32 Å². The predicted octanol–water partition coefficient (Wildman–Crippen LogP) is 2.82. The Balaban J connectivity index is 1.77. The van der Waals surface area contributed by atoms with E-state index in [1.54, 1.807) is 6.07 Å². The number of aliphatic hydroxyl groups excluding tert-OH is 1. The summed E-state index contributed by atoms with van der Waals surface area (Å²) in [7, 11) is 0. The normalized spacial score (nSPS) is 16.2. The van der Waals surface area contributed by atoms with E-state index in [0.717, 1.165) is 6.42 Å². The summed E-state index contributed by atoms with van der Waals surface area (Å²) in [5.41, 5.74) is 0.407. The van der Waals surface area contributed by atoms with Gasteiger partial charge in [0.15, 0.2) is 0 Å². The molecule has 0 heterocycles. The van der Waals surface area contributed by atoms with Crippen LogP contribution in [0.2, 0.25) is 5.02 Å². The Bertz CT molecular complexity index is 463. The highest BCUT2D eigenvalue weighted by atomic mass is 35.5. The molecule has 0 aromatic heterocycles. The first-order valence-corrected chi connectivity index (χ1v) is 6.84. The van der Waals surface area contributed by atoms with Crippen LogP contribution < -0.4 is 5.32 Å². The minimum atomic E-state index is -0.920. The first-order valence-electron chi connectivity index (χ1n) is 6.46. The van der Waals surface area contributed by atoms with Gasteiger partial charge in [-0.3, -0.25) is 4.79 Å². The molecule has 0 spiro atoms. The summed E-state index contributed by atoms with van der Waals surface area (Å²) >= 11 is 5.56. The number of benzene rings is 1. The number of carbonyl (C=O) groups is 1. The molecule has 1 aromatic rings. The highest BCUT2D eigenvalue weighted by Gasteiger charge is 2.22. The maximum atomic E-state index is 13.2. The Hall–Kier alpha value is -1.13. The maximum Gasteiger partial charge on any atom is 0.220 e. The number of nitrogens with one attached hydrogen (secondary N) is 1. The van der Waals surface area contributed by atoms with Gasteiger partial charge in [0.1, 0.15) is 5.82 Å². The van der Waals surface area contributed by atoms with E-state index in [1.165, 1.54) is 25.0 Å². The van der Waals surface area contributed by atoms with Gasteiger partial charge in [0.05, 0.1) is 11.1 Å². The third-order valence-electron chi connectivity index (χ3n) is 3.30. The Morgan fingerprint density at radius 2 is 2.26 bits per heavy atom. The molecule has 1 aliphatic rings. The van der Waals surface area contributed by atoms with E-state index < -0.39 is 11.9 Å². The van der Waals surface area contributed by atoms with Gasteiger partial charge < -0.3 is 10.4 Å². The second kappa shape index (κ2) is 6.35. The molecule has 3 nitrogen and oxygen atoms in total. The van der Waals surface area contributed by atoms with Crippen LogP contribution in [-0.4, -0.2) is 17.6 Å². The zero-order valence-corrected chi connectivity index (χ0v) is 11.3. The molecule has 2 N–H and O–H groups in total. The third kappa shape index (κ3) is 4.48. The van der Waals surface area contributed by atoms with E-state index in [9.17, 15) is 14.3 Å². The molecule has 1 aromatic carbocycles. The van der Waals surface area contributed by atoms with Crippen molar-refractivity contribution in [2.45, 2.75) is 31.8 Å². The molecule has 1 amide bonds. The number of rotatable bonds is 6. The van der Waals surface area contributed by atoms with Crippen molar-refractivity contribution < 1.29 is 14.3 Å². The fraction of sp³-hybridized carbons (Fsp3) is 0.500. The van der Waals surface area contributed by atoms with Crippen LogP contribution in [0.3, 0.4) is 0 Å². The van der Waals surface area contributed by atoms with Gasteiger partial charge >= 0.3 is 0 Å². The summed E-state index contributed by atoms with van der Waals surface area (Å²) in [5, 5.41) is 12.5. The SMILES string of the molecule is O=C(CCC1CC1)NCC(O)c1ccc(Cl)c(F)c1. The molecule has 1 saturated carbocycles. The van der Waals surface area contributed by atoms with E-state index in [1.807, 2.05) is 0 Å². The molecule has 19 heavy (non-hydrogen) atoms. The molecule has 1 atom stereocenters. The number of hydrogen-bond donors (Lipinski definition) is 2. The first-order chi connectivity index (χ1) is 9.06. The lowest BCUT2D eigenvalue weighted by molar-refractivity contribution is -0.121. The van der Waals surface area contributed by atoms with Crippen LogP contribution in [0.15, 0.2) is 18.2 Å². The highest BCUT2D eigenvalue weighted by molar-refractivity contribution is 6.30. The first kappa shape index (κ1) is 14.3. The lowest BCUT2D eigenvalue weighted by Crippen LogP contribution is -2.28. The minimum Gasteiger partial charge on any atom is -0.387 e. The second-order valence-corrected chi connectivity index (χ2v) is 5.38. The largest absolute Gasteiger partial charge is 0.387 e. The van der Waals surface area contributed by atoms with Crippen LogP contribution >= 0.6 is 11.6 Å². The third-order valence-corrected chi connectivity index (χ3v) is 3.60. The molecule has 2 rings (SSSR count). The van der Waals surface area contributed by atoms with Crippen molar-refractivity contribution >= 4 is 17.5 Å². The van der Waals surface area contributed by atoms with Crippen molar-refractivity contribution in [3.8, 4) is 0 Å². The van der Waals surface area contributed by atoms with Gasteiger partial charge in [-0.2, -0.15) is 0 Å². The molecule has 1 aliphatic carbocycles. The van der Waals surface area contributed by atoms with E-state index >= 15 is 0 Å². The smallest absolute Gasteiger partial charge is 0.220 e. The summed E-state index contributed by atoms with van der Waals surface area (Å²) in [4.78, 5) is 11.5. The molecule has 0 saturated heterocycles. The van der Waals surface area contributed by atoms with Crippen LogP contribution in [0.4, 0.5) is 4.39 Å². The standard InChI is InChI=1S/C14H17ClFNO2/c15-11-5-4-10(7-12(11)16)13(18)8-17-14(19)6-3-9-1-2-9/h4-5,7,9,13,18H,1-3,6,8H2,(H,17,19). The predicted molar refractivity (Wildman–Crippen MR) is 71.3 cm³/mol. The van der Waals surface area contributed by atoms with E-state index in [-0.39, 0.29) is 17.5 Å². The topological polar surface area (TPSA) is 49.3 Å². The summed E-state index contributed by atoms with van der Waals surface area (Å²) in [5.74, 6) is 0.0692. The second-order valence-electron chi connectivity index (χ2n) is 4.98. The highest BCUT2D eigenvalue weighted by Crippen LogP contribution is 2.33. The van der Waals surface area contributed by atoms with Crippen molar-refractivity contribution in [2.75, 3.05) is 6.54 Å². The van der Waals surface area contributed by atoms with Crippen LogP contribution in [0.5, 0.6) is 0 Å². The average Bonchev–Trinajstić information content (AvgIpc) is 3.20. The van der Waals surface area contributed by atoms with Gasteiger partial charge in [0.2, 0.25) is 5.91 Å². The van der Waals surface area contributed by atoms with Crippen LogP contribution in [0.25, 0.3) is 0 Å². The molecule has 1 fully saturated rings. The van der Waals surface area contributed by atoms with Crippen molar-refractivity contribution in [1.29, 1.82) is 0 Å². The molecule has 0 bridgehead atoms. The van der Waals surface area contributed by atoms with Gasteiger partial charge in [0, 0.05) is 13.0 Å². The van der Waals surface area contributed by atoms with Crippen molar-refractivity contribution in [2.24, 2.45) is 5.92 Å². The zero-order valence-electron chi connectivity index (χ0n) is 10.5. The van der Waals surface area contributed by atoms with Crippen LogP contribution in [0.1, 0.15) is 37.4 Å². The van der Waals surface area contributed by atoms with Crippen molar-refractivity contribution in [1.82, 2.24) is 5.32 Å². The number of carbonyl (C=O) groups excluding carboxylic acids is 1. The lowest BCUT2D eigenvalue weighted by Gasteiger charge is -2.12. The Morgan fingerprint density at radius 3 is 2.89 bits per heavy atom. The zero-order chi connectivity index (χ0) is 13.8. The van der Waals surface area contributed by atoms with Gasteiger partial charge in [-0.15, -0.1) is 0 Å². The number of amides is 1. The summed E-state index contributed by atoms with van der Waals surface area (Å²) in [6.07, 6.45) is 2.93. The van der Waals surface area contributed by atoms with Crippen LogP contribution in [0, 0.1) is 11.7 Å². The van der Waals surface area contributed by atoms with E-state index in [0.29, 0.717) is 17.9 Å². The lowest BCUT2D eigenvalue weighted by atomic mass is 10.1. The fourth-order valence-corrected chi connectivity index (χ4v) is 2.00. The van der Waals surface area contributed by atoms with Gasteiger partial charge in [-0.05, 0) is 30.0 Å². The Labute approximate surface area is 116 Å². The molecule has 5 heteroatoms. The summed E-state index contributed by atoms with van der Waals surface area (Å²) < 4.78 is 13.2. The number of halogens is 2. The van der Waals surface area contributed by atoms with Gasteiger partial charge in [0.25, 0.3) is 0 Å². The van der Waals surface area contributed by atoms with Crippen LogP contribution in [-0.2, 0) is 4.79 Å². The average molecular weight is 286 g/mol. The minimum absolute atomic E-state index is 0.0180. The Kier molecular flexibility index (Phi) is 4.77. The van der Waals surface area contributed by atoms with E-state index in [4.69, 9.17) is 11.6 Å². The van der Waals surface area contributed by atoms with Crippen molar-refractivity contribution in [3.05, 3.63) is 34.6 Å². The molecule has 0 radical (unpaired) electrons. The monoisotopic (exact) mass is 285 g/mol. The summed E-state index contributed by atoms with van der Waals surface area (Å²) in [6.45, 7) is 0.0879. The number of aliphatic hydroxyl groups is 1. The Morgan fingerprint density at radius 1 is 1.53 bits per heavy atom. The van der Waals surface area contributed by atoms with Gasteiger partial charge in [-0.1, -0.05) is 30.5 Å². The molecule has 0 aliphatic heterocycles.